The largest absolute Gasteiger partial charge is 0.497 e. The van der Waals surface area contributed by atoms with Gasteiger partial charge in [0.25, 0.3) is 11.5 Å². The van der Waals surface area contributed by atoms with Gasteiger partial charge in [0.05, 0.1) is 26.5 Å². The maximum Gasteiger partial charge on any atom is 0.297 e. The second-order valence-electron chi connectivity index (χ2n) is 8.69. The molecule has 1 amide bonds. The summed E-state index contributed by atoms with van der Waals surface area (Å²) < 4.78 is 12.0. The maximum absolute atomic E-state index is 13.7. The first kappa shape index (κ1) is 25.2. The molecular formula is C28H30N2O6. The number of aromatic nitrogens is 1. The summed E-state index contributed by atoms with van der Waals surface area (Å²) in [4.78, 5) is 28.0. The number of aliphatic hydroxyl groups is 2. The fourth-order valence-corrected chi connectivity index (χ4v) is 4.54. The van der Waals surface area contributed by atoms with Gasteiger partial charge in [0.15, 0.2) is 11.4 Å². The number of hydrogen-bond acceptors (Lipinski definition) is 6. The second kappa shape index (κ2) is 10.4. The number of hydrogen-bond donors (Lipinski definition) is 2. The number of anilines is 1. The fraction of sp³-hybridized carbons (Fsp3) is 0.286. The molecule has 8 heteroatoms. The first-order valence-corrected chi connectivity index (χ1v) is 11.7. The summed E-state index contributed by atoms with van der Waals surface area (Å²) in [6, 6.07) is 15.9. The van der Waals surface area contributed by atoms with Crippen LogP contribution in [0.5, 0.6) is 11.5 Å². The van der Waals surface area contributed by atoms with E-state index < -0.39 is 17.4 Å². The predicted molar refractivity (Wildman–Crippen MR) is 137 cm³/mol. The predicted octanol–water partition coefficient (Wildman–Crippen LogP) is 3.16. The molecule has 0 saturated heterocycles. The number of nitrogens with zero attached hydrogens (tertiary/aromatic N) is 2. The average molecular weight is 491 g/mol. The van der Waals surface area contributed by atoms with Crippen LogP contribution in [0, 0.1) is 5.92 Å². The quantitative estimate of drug-likeness (QED) is 0.447. The number of benzene rings is 2. The topological polar surface area (TPSA) is 101 Å². The molecule has 0 fully saturated rings. The highest BCUT2D eigenvalue weighted by Crippen LogP contribution is 2.47. The van der Waals surface area contributed by atoms with Gasteiger partial charge in [-0.15, -0.1) is 0 Å². The van der Waals surface area contributed by atoms with Gasteiger partial charge in [-0.1, -0.05) is 31.2 Å². The van der Waals surface area contributed by atoms with E-state index in [1.54, 1.807) is 66.6 Å². The SMILES string of the molecule is COc1ccc2c(c1)[C@](O)([C@@H](C)/C=C/CCO)C(=O)N2Cc1cccc(-n2cccc(OC)c2=O)c1. The number of amides is 1. The van der Waals surface area contributed by atoms with E-state index in [1.807, 2.05) is 18.2 Å². The number of carbonyl (C=O) groups is 1. The minimum atomic E-state index is -1.79. The van der Waals surface area contributed by atoms with E-state index >= 15 is 0 Å². The van der Waals surface area contributed by atoms with Crippen LogP contribution in [-0.2, 0) is 16.9 Å². The molecule has 3 aromatic rings. The molecular weight excluding hydrogens is 460 g/mol. The van der Waals surface area contributed by atoms with Crippen LogP contribution in [0.25, 0.3) is 5.69 Å². The number of aliphatic hydroxyl groups excluding tert-OH is 1. The van der Waals surface area contributed by atoms with Crippen LogP contribution >= 0.6 is 0 Å². The Morgan fingerprint density at radius 2 is 1.86 bits per heavy atom. The zero-order chi connectivity index (χ0) is 25.9. The molecule has 36 heavy (non-hydrogen) atoms. The minimum absolute atomic E-state index is 0.0150. The van der Waals surface area contributed by atoms with Crippen LogP contribution in [0.15, 0.2) is 77.7 Å². The molecule has 0 unspecified atom stereocenters. The van der Waals surface area contributed by atoms with Crippen molar-refractivity contribution >= 4 is 11.6 Å². The normalized spacial score (nSPS) is 17.9. The summed E-state index contributed by atoms with van der Waals surface area (Å²) >= 11 is 0. The monoisotopic (exact) mass is 490 g/mol. The van der Waals surface area contributed by atoms with Crippen LogP contribution in [0.2, 0.25) is 0 Å². The molecule has 0 radical (unpaired) electrons. The summed E-state index contributed by atoms with van der Waals surface area (Å²) in [5, 5.41) is 20.9. The third-order valence-electron chi connectivity index (χ3n) is 6.52. The molecule has 0 bridgehead atoms. The number of rotatable bonds is 9. The van der Waals surface area contributed by atoms with E-state index in [-0.39, 0.29) is 24.5 Å². The van der Waals surface area contributed by atoms with E-state index in [1.165, 1.54) is 18.8 Å². The lowest BCUT2D eigenvalue weighted by Crippen LogP contribution is -2.44. The highest BCUT2D eigenvalue weighted by atomic mass is 16.5. The Morgan fingerprint density at radius 3 is 2.58 bits per heavy atom. The Morgan fingerprint density at radius 1 is 1.06 bits per heavy atom. The standard InChI is InChI=1S/C28H30N2O6/c1-19(8-4-5-15-31)28(34)23-17-22(35-2)12-13-24(23)30(27(28)33)18-20-9-6-10-21(16-20)29-14-7-11-25(36-3)26(29)32/h4,6-14,16-17,19,31,34H,5,15,18H2,1-3H3/b8-4+/t19-,28+/m0/s1. The van der Waals surface area contributed by atoms with Crippen molar-refractivity contribution < 1.29 is 24.5 Å². The molecule has 1 aliphatic heterocycles. The van der Waals surface area contributed by atoms with Crippen molar-refractivity contribution in [3.05, 3.63) is 94.4 Å². The summed E-state index contributed by atoms with van der Waals surface area (Å²) in [5.74, 6) is -0.230. The van der Waals surface area contributed by atoms with Gasteiger partial charge in [-0.05, 0) is 54.4 Å². The molecule has 2 N–H and O–H groups in total. The van der Waals surface area contributed by atoms with Crippen LogP contribution in [0.4, 0.5) is 5.69 Å². The van der Waals surface area contributed by atoms with Gasteiger partial charge in [-0.2, -0.15) is 0 Å². The lowest BCUT2D eigenvalue weighted by Gasteiger charge is -2.28. The van der Waals surface area contributed by atoms with Crippen LogP contribution in [0.3, 0.4) is 0 Å². The van der Waals surface area contributed by atoms with Crippen LogP contribution < -0.4 is 19.9 Å². The molecule has 1 aliphatic rings. The van der Waals surface area contributed by atoms with Gasteiger partial charge in [0.2, 0.25) is 0 Å². The van der Waals surface area contributed by atoms with Crippen molar-refractivity contribution in [1.82, 2.24) is 4.57 Å². The van der Waals surface area contributed by atoms with E-state index in [9.17, 15) is 14.7 Å². The van der Waals surface area contributed by atoms with Gasteiger partial charge >= 0.3 is 0 Å². The average Bonchev–Trinajstić information content (AvgIpc) is 3.11. The maximum atomic E-state index is 13.7. The van der Waals surface area contributed by atoms with Crippen molar-refractivity contribution in [2.75, 3.05) is 25.7 Å². The number of ether oxygens (including phenoxy) is 2. The van der Waals surface area contributed by atoms with E-state index in [2.05, 4.69) is 0 Å². The van der Waals surface area contributed by atoms with Gasteiger partial charge in [0, 0.05) is 30.0 Å². The molecule has 2 atom stereocenters. The summed E-state index contributed by atoms with van der Waals surface area (Å²) in [6.45, 7) is 1.95. The van der Waals surface area contributed by atoms with Crippen molar-refractivity contribution in [3.8, 4) is 17.2 Å². The van der Waals surface area contributed by atoms with Gasteiger partial charge in [-0.3, -0.25) is 14.2 Å². The second-order valence-corrected chi connectivity index (χ2v) is 8.69. The van der Waals surface area contributed by atoms with Gasteiger partial charge < -0.3 is 24.6 Å². The Labute approximate surface area is 209 Å². The Hall–Kier alpha value is -3.88. The third kappa shape index (κ3) is 4.41. The number of pyridine rings is 1. The summed E-state index contributed by atoms with van der Waals surface area (Å²) in [7, 11) is 2.98. The number of methoxy groups -OCH3 is 2. The van der Waals surface area contributed by atoms with Crippen molar-refractivity contribution in [2.45, 2.75) is 25.5 Å². The smallest absolute Gasteiger partial charge is 0.297 e. The number of fused-ring (bicyclic) bond motifs is 1. The Bertz CT molecular complexity index is 1350. The van der Waals surface area contributed by atoms with Crippen molar-refractivity contribution in [1.29, 1.82) is 0 Å². The minimum Gasteiger partial charge on any atom is -0.497 e. The summed E-state index contributed by atoms with van der Waals surface area (Å²) in [5.41, 5.74) is 0.392. The molecule has 0 saturated carbocycles. The molecule has 0 spiro atoms. The molecule has 2 heterocycles. The molecule has 1 aromatic heterocycles. The Kier molecular flexibility index (Phi) is 7.28. The highest BCUT2D eigenvalue weighted by Gasteiger charge is 2.52. The van der Waals surface area contributed by atoms with Crippen molar-refractivity contribution in [3.63, 3.8) is 0 Å². The molecule has 188 valence electrons. The van der Waals surface area contributed by atoms with Gasteiger partial charge in [0.1, 0.15) is 5.75 Å². The fourth-order valence-electron chi connectivity index (χ4n) is 4.54. The number of carbonyl (C=O) groups excluding carboxylic acids is 1. The first-order valence-electron chi connectivity index (χ1n) is 11.7. The third-order valence-corrected chi connectivity index (χ3v) is 6.52. The summed E-state index contributed by atoms with van der Waals surface area (Å²) in [6.07, 6.45) is 5.59. The molecule has 4 rings (SSSR count). The lowest BCUT2D eigenvalue weighted by atomic mass is 9.83. The van der Waals surface area contributed by atoms with Gasteiger partial charge in [-0.25, -0.2) is 0 Å². The van der Waals surface area contributed by atoms with Crippen molar-refractivity contribution in [2.24, 2.45) is 5.92 Å². The van der Waals surface area contributed by atoms with E-state index in [4.69, 9.17) is 14.6 Å². The van der Waals surface area contributed by atoms with E-state index in [0.29, 0.717) is 29.1 Å². The molecule has 8 nitrogen and oxygen atoms in total. The molecule has 2 aromatic carbocycles. The molecule has 0 aliphatic carbocycles. The zero-order valence-corrected chi connectivity index (χ0v) is 20.5. The zero-order valence-electron chi connectivity index (χ0n) is 20.5. The van der Waals surface area contributed by atoms with E-state index in [0.717, 1.165) is 5.56 Å². The lowest BCUT2D eigenvalue weighted by molar-refractivity contribution is -0.139. The Balaban J connectivity index is 1.73. The van der Waals surface area contributed by atoms with Crippen LogP contribution in [-0.4, -0.2) is 41.5 Å². The highest BCUT2D eigenvalue weighted by molar-refractivity contribution is 6.07. The first-order chi connectivity index (χ1) is 17.3. The van der Waals surface area contributed by atoms with Crippen LogP contribution in [0.1, 0.15) is 24.5 Å².